The number of nitrogens with one attached hydrogen (secondary N) is 10. The summed E-state index contributed by atoms with van der Waals surface area (Å²) in [5.74, 6) is -13.9. The van der Waals surface area contributed by atoms with E-state index in [1.165, 1.54) is 18.7 Å². The van der Waals surface area contributed by atoms with E-state index in [-0.39, 0.29) is 126 Å². The van der Waals surface area contributed by atoms with Crippen LogP contribution in [0.15, 0.2) is 15.0 Å². The number of hydrogen-bond donors (Lipinski definition) is 21. The van der Waals surface area contributed by atoms with Crippen LogP contribution in [-0.2, 0) is 62.3 Å². The number of carboxylic acid groups (broad SMARTS) is 1. The zero-order chi connectivity index (χ0) is 79.8. The maximum atomic E-state index is 14.8. The normalized spacial score (nSPS) is 16.9. The number of hydrogen-bond acceptors (Lipinski definition) is 20. The smallest absolute Gasteiger partial charge is 0.326 e. The maximum absolute atomic E-state index is 14.8. The minimum Gasteiger partial charge on any atom is -0.480 e. The van der Waals surface area contributed by atoms with Crippen LogP contribution in [0.2, 0.25) is 0 Å². The number of guanidine groups is 3. The largest absolute Gasteiger partial charge is 0.480 e. The fourth-order valence-electron chi connectivity index (χ4n) is 11.2. The number of unbranched alkanes of at least 4 members (excludes halogenated alkanes) is 1. The maximum Gasteiger partial charge on any atom is 0.326 e. The van der Waals surface area contributed by atoms with Gasteiger partial charge in [0.05, 0.1) is 18.6 Å². The second kappa shape index (κ2) is 49.8. The Morgan fingerprint density at radius 3 is 1.18 bits per heavy atom. The lowest BCUT2D eigenvalue weighted by molar-refractivity contribution is -0.149. The first-order valence-electron chi connectivity index (χ1n) is 36.0. The first-order chi connectivity index (χ1) is 49.4. The molecule has 16 atom stereocenters. The van der Waals surface area contributed by atoms with Crippen molar-refractivity contribution < 1.29 is 72.5 Å². The summed E-state index contributed by atoms with van der Waals surface area (Å²) in [6.45, 7) is 15.5. The van der Waals surface area contributed by atoms with Gasteiger partial charge in [0.1, 0.15) is 66.5 Å². The molecule has 0 aromatic carbocycles. The zero-order valence-electron chi connectivity index (χ0n) is 62.7. The minimum absolute atomic E-state index is 0.00393. The molecule has 1 aliphatic rings. The molecule has 1 aliphatic heterocycles. The van der Waals surface area contributed by atoms with Gasteiger partial charge in [-0.2, -0.15) is 11.8 Å². The molecule has 12 amide bonds. The molecule has 0 bridgehead atoms. The molecule has 30 N–H and O–H groups in total. The van der Waals surface area contributed by atoms with E-state index >= 15 is 0 Å². The van der Waals surface area contributed by atoms with Gasteiger partial charge in [-0.05, 0) is 133 Å². The average molecular weight is 1510 g/mol. The van der Waals surface area contributed by atoms with E-state index in [2.05, 4.69) is 68.1 Å². The van der Waals surface area contributed by atoms with Crippen molar-refractivity contribution in [2.75, 3.05) is 44.7 Å². The molecular formula is C66H123N23O15S. The highest BCUT2D eigenvalue weighted by atomic mass is 32.2. The van der Waals surface area contributed by atoms with Crippen molar-refractivity contribution in [3.05, 3.63) is 0 Å². The van der Waals surface area contributed by atoms with Crippen LogP contribution in [-0.4, -0.2) is 233 Å². The van der Waals surface area contributed by atoms with Crippen molar-refractivity contribution >= 4 is 106 Å². The van der Waals surface area contributed by atoms with Gasteiger partial charge < -0.3 is 120 Å². The Morgan fingerprint density at radius 2 is 0.810 bits per heavy atom. The highest BCUT2D eigenvalue weighted by Crippen LogP contribution is 2.21. The Kier molecular flexibility index (Phi) is 44.7. The standard InChI is InChI=1S/C66H123N23O15S/c1-11-35(6)48(59(99)82-43(25-31-105-10)56(96)88-51(38(9)90)61(101)83-44(23-18-29-78-66(74)75)62(102)89-30-19-24-46(89)63(103)104)85-55(95)42(22-17-28-77-65(72)73)81-58(98)49(36(7)12-2)87-57(97)45(32-34(4)5)84-60(100)50(37(8)13-3)86-54(94)41(21-16-27-76-64(70)71)80-53(93)40(20-14-15-26-67)79-52(92)39(68)33-47(69)91/h34-46,48-51,90H,11-33,67-68H2,1-10H3,(H2,69,91)(H,79,92)(H,80,93)(H,81,98)(H,82,99)(H,83,101)(H,84,100)(H,85,95)(H,86,94)(H,87,97)(H,88,96)(H,103,104)(H4,70,71,76)(H4,72,73,77)(H4,74,75,78)/t35-,36-,37-,38+,39-,40-,41-,42-,43-,44-,45-,46-,48-,49-,50-,51-/m0/s1. The number of likely N-dealkylation sites (tertiary alicyclic amines) is 1. The van der Waals surface area contributed by atoms with Gasteiger partial charge in [-0.1, -0.05) is 74.7 Å². The van der Waals surface area contributed by atoms with Crippen molar-refractivity contribution in [3.8, 4) is 0 Å². The molecule has 0 saturated carbocycles. The Morgan fingerprint density at radius 1 is 0.467 bits per heavy atom. The lowest BCUT2D eigenvalue weighted by Crippen LogP contribution is -2.63. The topological polar surface area (TPSA) is 657 Å². The predicted octanol–water partition coefficient (Wildman–Crippen LogP) is -5.28. The van der Waals surface area contributed by atoms with Gasteiger partial charge in [0, 0.05) is 26.2 Å². The van der Waals surface area contributed by atoms with Gasteiger partial charge in [0.2, 0.25) is 70.9 Å². The van der Waals surface area contributed by atoms with Gasteiger partial charge in [0.15, 0.2) is 17.9 Å². The Hall–Kier alpha value is -8.85. The number of aliphatic hydroxyl groups is 1. The van der Waals surface area contributed by atoms with Crippen LogP contribution in [0, 0.1) is 23.7 Å². The molecule has 0 unspecified atom stereocenters. The van der Waals surface area contributed by atoms with E-state index in [4.69, 9.17) is 51.6 Å². The van der Waals surface area contributed by atoms with E-state index in [0.717, 1.165) is 4.90 Å². The summed E-state index contributed by atoms with van der Waals surface area (Å²) in [4.78, 5) is 194. The quantitative estimate of drug-likeness (QED) is 0.0154. The fraction of sp³-hybridized carbons (Fsp3) is 0.758. The number of aliphatic hydroxyl groups excluding tert-OH is 1. The molecular weight excluding hydrogens is 1390 g/mol. The third-order valence-corrected chi connectivity index (χ3v) is 18.5. The number of thioether (sulfide) groups is 1. The number of nitrogens with zero attached hydrogens (tertiary/aromatic N) is 4. The van der Waals surface area contributed by atoms with Crippen molar-refractivity contribution in [3.63, 3.8) is 0 Å². The van der Waals surface area contributed by atoms with Crippen molar-refractivity contribution in [2.24, 2.45) is 90.3 Å². The summed E-state index contributed by atoms with van der Waals surface area (Å²) in [6.07, 6.45) is 2.16. The van der Waals surface area contributed by atoms with Gasteiger partial charge in [-0.25, -0.2) is 4.79 Å². The van der Waals surface area contributed by atoms with Gasteiger partial charge >= 0.3 is 5.97 Å². The lowest BCUT2D eigenvalue weighted by atomic mass is 9.94. The molecule has 1 fully saturated rings. The van der Waals surface area contributed by atoms with Crippen LogP contribution in [0.1, 0.15) is 171 Å². The van der Waals surface area contributed by atoms with E-state index in [0.29, 0.717) is 38.5 Å². The number of carboxylic acids is 1. The Bertz CT molecular complexity index is 2930. The molecule has 598 valence electrons. The van der Waals surface area contributed by atoms with E-state index in [1.54, 1.807) is 61.6 Å². The second-order valence-electron chi connectivity index (χ2n) is 27.1. The third-order valence-electron chi connectivity index (χ3n) is 17.9. The summed E-state index contributed by atoms with van der Waals surface area (Å²) in [5.41, 5.74) is 50.2. The molecule has 1 saturated heterocycles. The van der Waals surface area contributed by atoms with E-state index in [9.17, 15) is 72.5 Å². The fourth-order valence-corrected chi connectivity index (χ4v) is 11.7. The lowest BCUT2D eigenvalue weighted by Gasteiger charge is -2.32. The average Bonchev–Trinajstić information content (AvgIpc) is 1.81. The summed E-state index contributed by atoms with van der Waals surface area (Å²) < 4.78 is 0. The minimum atomic E-state index is -1.72. The van der Waals surface area contributed by atoms with Gasteiger partial charge in [0.25, 0.3) is 0 Å². The molecule has 1 rings (SSSR count). The summed E-state index contributed by atoms with van der Waals surface area (Å²) in [5, 5.41) is 47.6. The summed E-state index contributed by atoms with van der Waals surface area (Å²) in [6, 6.07) is -16.5. The molecule has 0 spiro atoms. The van der Waals surface area contributed by atoms with Crippen LogP contribution >= 0.6 is 11.8 Å². The molecule has 0 aliphatic carbocycles. The molecule has 39 heteroatoms. The van der Waals surface area contributed by atoms with Crippen molar-refractivity contribution in [1.82, 2.24) is 58.1 Å². The SMILES string of the molecule is CC[C@H](C)[C@H](NC(=O)[C@H](CCCN=C(N)N)NC(=O)[C@@H](NC(=O)[C@H](CC(C)C)NC(=O)[C@@H](NC(=O)[C@H](CCCN=C(N)N)NC(=O)[C@H](CCCCN)NC(=O)[C@@H](N)CC(N)=O)[C@@H](C)CC)[C@@H](C)CC)C(=O)N[C@@H](CCSC)C(=O)N[C@H](C(=O)N[C@@H](CCCN=C(N)N)C(=O)N1CCC[C@H]1C(=O)O)[C@@H](C)O. The molecule has 1 heterocycles. The first kappa shape index (κ1) is 94.2. The number of primary amides is 1. The zero-order valence-corrected chi connectivity index (χ0v) is 63.5. The van der Waals surface area contributed by atoms with Crippen LogP contribution in [0.25, 0.3) is 0 Å². The van der Waals surface area contributed by atoms with Crippen molar-refractivity contribution in [1.29, 1.82) is 0 Å². The number of amides is 12. The van der Waals surface area contributed by atoms with Gasteiger partial charge in [-0.15, -0.1) is 0 Å². The first-order valence-corrected chi connectivity index (χ1v) is 37.4. The number of nitrogens with two attached hydrogens (primary N) is 9. The van der Waals surface area contributed by atoms with Crippen LogP contribution in [0.3, 0.4) is 0 Å². The summed E-state index contributed by atoms with van der Waals surface area (Å²) >= 11 is 1.32. The number of rotatable bonds is 52. The highest BCUT2D eigenvalue weighted by molar-refractivity contribution is 7.98. The van der Waals surface area contributed by atoms with Crippen molar-refractivity contribution in [2.45, 2.75) is 250 Å². The number of aliphatic carboxylic acids is 1. The number of carbonyl (C=O) groups excluding carboxylic acids is 12. The monoisotopic (exact) mass is 1510 g/mol. The van der Waals surface area contributed by atoms with Crippen LogP contribution in [0.5, 0.6) is 0 Å². The Labute approximate surface area is 619 Å². The molecule has 0 radical (unpaired) electrons. The molecule has 0 aromatic rings. The molecule has 38 nitrogen and oxygen atoms in total. The van der Waals surface area contributed by atoms with Gasteiger partial charge in [-0.3, -0.25) is 72.5 Å². The van der Waals surface area contributed by atoms with Crippen LogP contribution in [0.4, 0.5) is 0 Å². The highest BCUT2D eigenvalue weighted by Gasteiger charge is 2.42. The summed E-state index contributed by atoms with van der Waals surface area (Å²) in [7, 11) is 0. The van der Waals surface area contributed by atoms with E-state index in [1.807, 2.05) is 0 Å². The number of aliphatic imine (C=N–C) groups is 3. The predicted molar refractivity (Wildman–Crippen MR) is 399 cm³/mol. The number of carbonyl (C=O) groups is 13. The molecule has 0 aromatic heterocycles. The molecule has 105 heavy (non-hydrogen) atoms. The van der Waals surface area contributed by atoms with Crippen LogP contribution < -0.4 is 105 Å². The second-order valence-corrected chi connectivity index (χ2v) is 28.0. The Balaban J connectivity index is 3.74. The van der Waals surface area contributed by atoms with E-state index < -0.39 is 180 Å². The third kappa shape index (κ3) is 35.2.